The second kappa shape index (κ2) is 11.1. The maximum atomic E-state index is 12.2. The molecule has 2 aromatic carbocycles. The lowest BCUT2D eigenvalue weighted by Gasteiger charge is -2.17. The van der Waals surface area contributed by atoms with E-state index >= 15 is 0 Å². The molecule has 0 unspecified atom stereocenters. The number of rotatable bonds is 8. The van der Waals surface area contributed by atoms with Gasteiger partial charge in [0.25, 0.3) is 5.91 Å². The van der Waals surface area contributed by atoms with Crippen molar-refractivity contribution in [1.82, 2.24) is 10.9 Å². The van der Waals surface area contributed by atoms with Gasteiger partial charge in [0.05, 0.1) is 10.7 Å². The molecule has 29 heavy (non-hydrogen) atoms. The van der Waals surface area contributed by atoms with Crippen molar-refractivity contribution in [3.05, 3.63) is 59.1 Å². The lowest BCUT2D eigenvalue weighted by molar-refractivity contribution is -0.133. The molecule has 0 aliphatic heterocycles. The van der Waals surface area contributed by atoms with E-state index in [1.54, 1.807) is 43.3 Å². The summed E-state index contributed by atoms with van der Waals surface area (Å²) < 4.78 is 5.65. The third-order valence-corrected chi connectivity index (χ3v) is 4.34. The number of ether oxygens (including phenoxy) is 1. The van der Waals surface area contributed by atoms with Crippen molar-refractivity contribution in [2.45, 2.75) is 39.2 Å². The van der Waals surface area contributed by atoms with Gasteiger partial charge in [-0.05, 0) is 37.6 Å². The van der Waals surface area contributed by atoms with Gasteiger partial charge < -0.3 is 10.1 Å². The van der Waals surface area contributed by atoms with E-state index in [-0.39, 0.29) is 18.7 Å². The van der Waals surface area contributed by atoms with Crippen molar-refractivity contribution in [2.75, 3.05) is 5.32 Å². The molecule has 2 rings (SSSR count). The Balaban J connectivity index is 1.74. The molecule has 0 radical (unpaired) electrons. The summed E-state index contributed by atoms with van der Waals surface area (Å²) in [5.41, 5.74) is 6.19. The summed E-state index contributed by atoms with van der Waals surface area (Å²) in [6.45, 7) is 3.76. The lowest BCUT2D eigenvalue weighted by atomic mass is 10.2. The van der Waals surface area contributed by atoms with E-state index in [0.29, 0.717) is 22.9 Å². The van der Waals surface area contributed by atoms with Crippen LogP contribution in [0.1, 0.15) is 31.7 Å². The van der Waals surface area contributed by atoms with Gasteiger partial charge in [-0.25, -0.2) is 0 Å². The molecule has 0 saturated carbocycles. The molecule has 1 atom stereocenters. The molecule has 0 heterocycles. The van der Waals surface area contributed by atoms with E-state index in [0.717, 1.165) is 5.56 Å². The van der Waals surface area contributed by atoms with Crippen LogP contribution in [0.25, 0.3) is 0 Å². The van der Waals surface area contributed by atoms with Crippen LogP contribution < -0.4 is 20.9 Å². The summed E-state index contributed by atoms with van der Waals surface area (Å²) in [7, 11) is 0. The number of para-hydroxylation sites is 1. The van der Waals surface area contributed by atoms with Gasteiger partial charge in [0.2, 0.25) is 11.8 Å². The molecular formula is C21H24ClN3O4. The maximum Gasteiger partial charge on any atom is 0.279 e. The molecule has 0 aromatic heterocycles. The smallest absolute Gasteiger partial charge is 0.279 e. The largest absolute Gasteiger partial charge is 0.481 e. The first kappa shape index (κ1) is 22.2. The van der Waals surface area contributed by atoms with Crippen LogP contribution in [0, 0.1) is 6.92 Å². The topological polar surface area (TPSA) is 96.5 Å². The van der Waals surface area contributed by atoms with E-state index in [1.807, 2.05) is 19.1 Å². The van der Waals surface area contributed by atoms with Crippen LogP contribution in [0.15, 0.2) is 48.5 Å². The zero-order chi connectivity index (χ0) is 21.2. The standard InChI is InChI=1S/C21H24ClN3O4/c1-3-18(29-15-10-8-14(2)9-11-15)21(28)25-24-20(27)13-12-19(26)23-17-7-5-4-6-16(17)22/h4-11,18H,3,12-13H2,1-2H3,(H,23,26)(H,24,27)(H,25,28)/t18-/m0/s1. The molecule has 0 spiro atoms. The summed E-state index contributed by atoms with van der Waals surface area (Å²) in [5.74, 6) is -0.742. The molecule has 0 aliphatic carbocycles. The SMILES string of the molecule is CC[C@H](Oc1ccc(C)cc1)C(=O)NNC(=O)CCC(=O)Nc1ccccc1Cl. The number of nitrogens with one attached hydrogen (secondary N) is 3. The van der Waals surface area contributed by atoms with Crippen molar-refractivity contribution in [1.29, 1.82) is 0 Å². The van der Waals surface area contributed by atoms with Crippen LogP contribution in [0.4, 0.5) is 5.69 Å². The van der Waals surface area contributed by atoms with Crippen LogP contribution in [0.5, 0.6) is 5.75 Å². The van der Waals surface area contributed by atoms with E-state index < -0.39 is 17.9 Å². The number of halogens is 1. The number of amides is 3. The molecule has 3 amide bonds. The van der Waals surface area contributed by atoms with E-state index in [2.05, 4.69) is 16.2 Å². The predicted molar refractivity (Wildman–Crippen MR) is 111 cm³/mol. The summed E-state index contributed by atoms with van der Waals surface area (Å²) in [6, 6.07) is 14.1. The van der Waals surface area contributed by atoms with Gasteiger partial charge in [0, 0.05) is 12.8 Å². The molecule has 0 bridgehead atoms. The van der Waals surface area contributed by atoms with Crippen LogP contribution in [-0.4, -0.2) is 23.8 Å². The molecule has 7 nitrogen and oxygen atoms in total. The summed E-state index contributed by atoms with van der Waals surface area (Å²) in [4.78, 5) is 36.1. The number of hydrazine groups is 1. The van der Waals surface area contributed by atoms with Crippen LogP contribution >= 0.6 is 11.6 Å². The Bertz CT molecular complexity index is 855. The predicted octanol–water partition coefficient (Wildman–Crippen LogP) is 3.37. The minimum absolute atomic E-state index is 0.0516. The first-order chi connectivity index (χ1) is 13.9. The second-order valence-corrected chi connectivity index (χ2v) is 6.80. The van der Waals surface area contributed by atoms with Crippen molar-refractivity contribution in [2.24, 2.45) is 0 Å². The fourth-order valence-electron chi connectivity index (χ4n) is 2.38. The van der Waals surface area contributed by atoms with Gasteiger partial charge >= 0.3 is 0 Å². The number of hydrogen-bond acceptors (Lipinski definition) is 4. The zero-order valence-electron chi connectivity index (χ0n) is 16.3. The monoisotopic (exact) mass is 417 g/mol. The first-order valence-corrected chi connectivity index (χ1v) is 9.63. The number of benzene rings is 2. The third kappa shape index (κ3) is 7.46. The van der Waals surface area contributed by atoms with Crippen molar-refractivity contribution in [3.63, 3.8) is 0 Å². The van der Waals surface area contributed by atoms with E-state index in [4.69, 9.17) is 16.3 Å². The Kier molecular flexibility index (Phi) is 8.48. The zero-order valence-corrected chi connectivity index (χ0v) is 17.1. The normalized spacial score (nSPS) is 11.3. The molecule has 154 valence electrons. The van der Waals surface area contributed by atoms with Crippen molar-refractivity contribution >= 4 is 35.0 Å². The molecule has 0 saturated heterocycles. The fraction of sp³-hybridized carbons (Fsp3) is 0.286. The van der Waals surface area contributed by atoms with Gasteiger partial charge in [-0.1, -0.05) is 48.4 Å². The molecule has 0 fully saturated rings. The summed E-state index contributed by atoms with van der Waals surface area (Å²) >= 11 is 5.97. The average molecular weight is 418 g/mol. The Morgan fingerprint density at radius 1 is 0.966 bits per heavy atom. The summed E-state index contributed by atoms with van der Waals surface area (Å²) in [6.07, 6.45) is -0.465. The molecular weight excluding hydrogens is 394 g/mol. The van der Waals surface area contributed by atoms with Crippen molar-refractivity contribution < 1.29 is 19.1 Å². The molecule has 0 aliphatic rings. The highest BCUT2D eigenvalue weighted by Crippen LogP contribution is 2.20. The van der Waals surface area contributed by atoms with E-state index in [9.17, 15) is 14.4 Å². The first-order valence-electron chi connectivity index (χ1n) is 9.25. The number of carbonyl (C=O) groups excluding carboxylic acids is 3. The maximum absolute atomic E-state index is 12.2. The molecule has 2 aromatic rings. The van der Waals surface area contributed by atoms with Gasteiger partial charge in [0.1, 0.15) is 5.75 Å². The summed E-state index contributed by atoms with van der Waals surface area (Å²) in [5, 5.41) is 3.04. The number of aryl methyl sites for hydroxylation is 1. The number of anilines is 1. The minimum Gasteiger partial charge on any atom is -0.481 e. The Hall–Kier alpha value is -3.06. The van der Waals surface area contributed by atoms with Crippen LogP contribution in [-0.2, 0) is 14.4 Å². The molecule has 3 N–H and O–H groups in total. The highest BCUT2D eigenvalue weighted by Gasteiger charge is 2.19. The van der Waals surface area contributed by atoms with Gasteiger partial charge in [-0.3, -0.25) is 25.2 Å². The third-order valence-electron chi connectivity index (χ3n) is 4.01. The van der Waals surface area contributed by atoms with Gasteiger partial charge in [-0.2, -0.15) is 0 Å². The fourth-order valence-corrected chi connectivity index (χ4v) is 2.56. The van der Waals surface area contributed by atoms with E-state index in [1.165, 1.54) is 0 Å². The van der Waals surface area contributed by atoms with Gasteiger partial charge in [-0.15, -0.1) is 0 Å². The Morgan fingerprint density at radius 2 is 1.62 bits per heavy atom. The highest BCUT2D eigenvalue weighted by molar-refractivity contribution is 6.33. The molecule has 8 heteroatoms. The lowest BCUT2D eigenvalue weighted by Crippen LogP contribution is -2.48. The minimum atomic E-state index is -0.749. The quantitative estimate of drug-likeness (QED) is 0.573. The van der Waals surface area contributed by atoms with Gasteiger partial charge in [0.15, 0.2) is 6.10 Å². The number of carbonyl (C=O) groups is 3. The Labute approximate surface area is 174 Å². The van der Waals surface area contributed by atoms with Crippen LogP contribution in [0.3, 0.4) is 0 Å². The average Bonchev–Trinajstić information content (AvgIpc) is 2.71. The van der Waals surface area contributed by atoms with Crippen LogP contribution in [0.2, 0.25) is 5.02 Å². The van der Waals surface area contributed by atoms with Crippen molar-refractivity contribution in [3.8, 4) is 5.75 Å². The second-order valence-electron chi connectivity index (χ2n) is 6.39. The Morgan fingerprint density at radius 3 is 2.28 bits per heavy atom. The number of hydrogen-bond donors (Lipinski definition) is 3. The highest BCUT2D eigenvalue weighted by atomic mass is 35.5.